The lowest BCUT2D eigenvalue weighted by Gasteiger charge is -2.19. The molecule has 0 unspecified atom stereocenters. The van der Waals surface area contributed by atoms with E-state index >= 15 is 0 Å². The fourth-order valence-electron chi connectivity index (χ4n) is 1.39. The quantitative estimate of drug-likeness (QED) is 0.725. The molecule has 0 saturated carbocycles. The topological polar surface area (TPSA) is 23.5 Å². The highest BCUT2D eigenvalue weighted by molar-refractivity contribution is 5.46. The summed E-state index contributed by atoms with van der Waals surface area (Å²) in [4.78, 5) is 2.22. The van der Waals surface area contributed by atoms with E-state index < -0.39 is 0 Å². The van der Waals surface area contributed by atoms with Crippen LogP contribution in [0.25, 0.3) is 0 Å². The zero-order valence-electron chi connectivity index (χ0n) is 9.03. The highest BCUT2D eigenvalue weighted by Gasteiger charge is 1.98. The van der Waals surface area contributed by atoms with Gasteiger partial charge in [-0.3, -0.25) is 0 Å². The van der Waals surface area contributed by atoms with Crippen LogP contribution in [0.2, 0.25) is 0 Å². The fourth-order valence-corrected chi connectivity index (χ4v) is 1.39. The third kappa shape index (κ3) is 3.38. The molecule has 0 aliphatic rings. The molecule has 78 valence electrons. The number of rotatable bonds is 5. The van der Waals surface area contributed by atoms with E-state index in [2.05, 4.69) is 43.1 Å². The molecule has 14 heavy (non-hydrogen) atoms. The van der Waals surface area contributed by atoms with Crippen LogP contribution in [0.4, 0.5) is 5.69 Å². The van der Waals surface area contributed by atoms with Gasteiger partial charge in [-0.1, -0.05) is 17.7 Å². The van der Waals surface area contributed by atoms with E-state index in [-0.39, 0.29) is 0 Å². The summed E-state index contributed by atoms with van der Waals surface area (Å²) in [6, 6.07) is 8.51. The molecule has 0 heterocycles. The second-order valence-electron chi connectivity index (χ2n) is 3.69. The molecule has 0 amide bonds. The van der Waals surface area contributed by atoms with Gasteiger partial charge in [0.2, 0.25) is 0 Å². The van der Waals surface area contributed by atoms with Crippen molar-refractivity contribution in [2.24, 2.45) is 0 Å². The van der Waals surface area contributed by atoms with Gasteiger partial charge in [0.15, 0.2) is 0 Å². The first-order valence-corrected chi connectivity index (χ1v) is 5.12. The number of aliphatic hydroxyl groups is 1. The van der Waals surface area contributed by atoms with Crippen molar-refractivity contribution in [3.8, 4) is 0 Å². The maximum atomic E-state index is 8.67. The zero-order chi connectivity index (χ0) is 10.4. The molecule has 0 spiro atoms. The molecule has 0 radical (unpaired) electrons. The van der Waals surface area contributed by atoms with Gasteiger partial charge in [-0.05, 0) is 31.9 Å². The second-order valence-corrected chi connectivity index (χ2v) is 3.69. The number of hydrogen-bond acceptors (Lipinski definition) is 2. The van der Waals surface area contributed by atoms with E-state index in [0.717, 1.165) is 19.4 Å². The molecule has 2 heteroatoms. The van der Waals surface area contributed by atoms with Gasteiger partial charge < -0.3 is 10.0 Å². The van der Waals surface area contributed by atoms with E-state index in [0.29, 0.717) is 6.61 Å². The SMILES string of the molecule is Cc1ccc(N(C)CCCCO)cc1. The number of anilines is 1. The van der Waals surface area contributed by atoms with Crippen LogP contribution in [-0.4, -0.2) is 25.3 Å². The van der Waals surface area contributed by atoms with E-state index in [1.807, 2.05) is 0 Å². The molecule has 0 atom stereocenters. The van der Waals surface area contributed by atoms with Crippen molar-refractivity contribution < 1.29 is 5.11 Å². The summed E-state index contributed by atoms with van der Waals surface area (Å²) in [6.07, 6.45) is 1.93. The molecule has 0 aromatic heterocycles. The van der Waals surface area contributed by atoms with E-state index in [1.165, 1.54) is 11.3 Å². The normalized spacial score (nSPS) is 10.2. The summed E-state index contributed by atoms with van der Waals surface area (Å²) < 4.78 is 0. The predicted molar refractivity (Wildman–Crippen MR) is 60.8 cm³/mol. The largest absolute Gasteiger partial charge is 0.396 e. The predicted octanol–water partition coefficient (Wildman–Crippen LogP) is 2.20. The first-order chi connectivity index (χ1) is 6.74. The van der Waals surface area contributed by atoms with Crippen LogP contribution in [0.3, 0.4) is 0 Å². The number of benzene rings is 1. The van der Waals surface area contributed by atoms with Crippen LogP contribution in [0, 0.1) is 6.92 Å². The van der Waals surface area contributed by atoms with Crippen molar-refractivity contribution in [1.29, 1.82) is 0 Å². The molecule has 1 rings (SSSR count). The van der Waals surface area contributed by atoms with Crippen LogP contribution >= 0.6 is 0 Å². The molecule has 2 nitrogen and oxygen atoms in total. The minimum absolute atomic E-state index is 0.293. The summed E-state index contributed by atoms with van der Waals surface area (Å²) in [7, 11) is 2.09. The average molecular weight is 193 g/mol. The zero-order valence-corrected chi connectivity index (χ0v) is 9.03. The molecular weight excluding hydrogens is 174 g/mol. The molecule has 0 bridgehead atoms. The smallest absolute Gasteiger partial charge is 0.0431 e. The first kappa shape index (κ1) is 11.1. The Morgan fingerprint density at radius 3 is 2.36 bits per heavy atom. The Balaban J connectivity index is 2.43. The van der Waals surface area contributed by atoms with E-state index in [9.17, 15) is 0 Å². The average Bonchev–Trinajstić information content (AvgIpc) is 2.19. The summed E-state index contributed by atoms with van der Waals surface area (Å²) in [5.74, 6) is 0. The number of hydrogen-bond donors (Lipinski definition) is 1. The molecule has 1 N–H and O–H groups in total. The second kappa shape index (κ2) is 5.66. The lowest BCUT2D eigenvalue weighted by Crippen LogP contribution is -2.18. The fraction of sp³-hybridized carbons (Fsp3) is 0.500. The Kier molecular flexibility index (Phi) is 4.47. The Labute approximate surface area is 86.2 Å². The lowest BCUT2D eigenvalue weighted by atomic mass is 10.2. The highest BCUT2D eigenvalue weighted by Crippen LogP contribution is 2.13. The van der Waals surface area contributed by atoms with Crippen molar-refractivity contribution in [1.82, 2.24) is 0 Å². The van der Waals surface area contributed by atoms with Gasteiger partial charge in [0.25, 0.3) is 0 Å². The van der Waals surface area contributed by atoms with Crippen molar-refractivity contribution in [3.05, 3.63) is 29.8 Å². The third-order valence-corrected chi connectivity index (χ3v) is 2.38. The minimum Gasteiger partial charge on any atom is -0.396 e. The van der Waals surface area contributed by atoms with Gasteiger partial charge in [-0.25, -0.2) is 0 Å². The molecule has 0 fully saturated rings. The monoisotopic (exact) mass is 193 g/mol. The molecular formula is C12H19NO. The first-order valence-electron chi connectivity index (χ1n) is 5.12. The van der Waals surface area contributed by atoms with Crippen molar-refractivity contribution in [3.63, 3.8) is 0 Å². The molecule has 1 aromatic carbocycles. The number of unbranched alkanes of at least 4 members (excludes halogenated alkanes) is 1. The van der Waals surface area contributed by atoms with Gasteiger partial charge in [-0.2, -0.15) is 0 Å². The molecule has 0 aliphatic heterocycles. The Bertz CT molecular complexity index is 256. The molecule has 1 aromatic rings. The summed E-state index contributed by atoms with van der Waals surface area (Å²) in [6.45, 7) is 3.39. The lowest BCUT2D eigenvalue weighted by molar-refractivity contribution is 0.285. The summed E-state index contributed by atoms with van der Waals surface area (Å²) in [5.41, 5.74) is 2.53. The van der Waals surface area contributed by atoms with Crippen molar-refractivity contribution in [2.45, 2.75) is 19.8 Å². The summed E-state index contributed by atoms with van der Waals surface area (Å²) in [5, 5.41) is 8.67. The summed E-state index contributed by atoms with van der Waals surface area (Å²) >= 11 is 0. The van der Waals surface area contributed by atoms with Gasteiger partial charge in [0.1, 0.15) is 0 Å². The Hall–Kier alpha value is -1.02. The maximum absolute atomic E-state index is 8.67. The van der Waals surface area contributed by atoms with Crippen LogP contribution < -0.4 is 4.90 Å². The maximum Gasteiger partial charge on any atom is 0.0431 e. The molecule has 0 saturated heterocycles. The van der Waals surface area contributed by atoms with Gasteiger partial charge in [0.05, 0.1) is 0 Å². The Morgan fingerprint density at radius 2 is 1.79 bits per heavy atom. The standard InChI is InChI=1S/C12H19NO/c1-11-5-7-12(8-6-11)13(2)9-3-4-10-14/h5-8,14H,3-4,9-10H2,1-2H3. The van der Waals surface area contributed by atoms with Crippen molar-refractivity contribution in [2.75, 3.05) is 25.1 Å². The van der Waals surface area contributed by atoms with E-state index in [1.54, 1.807) is 0 Å². The van der Waals surface area contributed by atoms with Crippen LogP contribution in [0.1, 0.15) is 18.4 Å². The number of aryl methyl sites for hydroxylation is 1. The number of aliphatic hydroxyl groups excluding tert-OH is 1. The minimum atomic E-state index is 0.293. The van der Waals surface area contributed by atoms with Gasteiger partial charge in [0, 0.05) is 25.9 Å². The van der Waals surface area contributed by atoms with Crippen molar-refractivity contribution >= 4 is 5.69 Å². The van der Waals surface area contributed by atoms with E-state index in [4.69, 9.17) is 5.11 Å². The van der Waals surface area contributed by atoms with Crippen LogP contribution in [0.15, 0.2) is 24.3 Å². The van der Waals surface area contributed by atoms with Gasteiger partial charge >= 0.3 is 0 Å². The third-order valence-electron chi connectivity index (χ3n) is 2.38. The van der Waals surface area contributed by atoms with Gasteiger partial charge in [-0.15, -0.1) is 0 Å². The number of nitrogens with zero attached hydrogens (tertiary/aromatic N) is 1. The highest BCUT2D eigenvalue weighted by atomic mass is 16.2. The Morgan fingerprint density at radius 1 is 1.14 bits per heavy atom. The van der Waals surface area contributed by atoms with Crippen LogP contribution in [0.5, 0.6) is 0 Å². The van der Waals surface area contributed by atoms with Crippen LogP contribution in [-0.2, 0) is 0 Å². The molecule has 0 aliphatic carbocycles.